The molecular formula is C19H23NO. The third kappa shape index (κ3) is 5.84. The maximum absolute atomic E-state index is 5.76. The second-order valence-electron chi connectivity index (χ2n) is 4.95. The van der Waals surface area contributed by atoms with E-state index in [2.05, 4.69) is 42.6 Å². The van der Waals surface area contributed by atoms with Crippen molar-refractivity contribution in [1.29, 1.82) is 0 Å². The molecule has 0 radical (unpaired) electrons. The molecule has 2 rings (SSSR count). The first-order valence-electron chi connectivity index (χ1n) is 7.52. The predicted octanol–water partition coefficient (Wildman–Crippen LogP) is 4.28. The molecule has 0 bridgehead atoms. The predicted molar refractivity (Wildman–Crippen MR) is 89.4 cm³/mol. The summed E-state index contributed by atoms with van der Waals surface area (Å²) in [5.74, 6) is 0.920. The van der Waals surface area contributed by atoms with Crippen molar-refractivity contribution in [3.8, 4) is 5.75 Å². The molecule has 0 aliphatic carbocycles. The molecular weight excluding hydrogens is 258 g/mol. The van der Waals surface area contributed by atoms with Gasteiger partial charge in [-0.15, -0.1) is 0 Å². The fourth-order valence-corrected chi connectivity index (χ4v) is 2.05. The van der Waals surface area contributed by atoms with Gasteiger partial charge in [0.15, 0.2) is 0 Å². The van der Waals surface area contributed by atoms with Crippen molar-refractivity contribution in [2.24, 2.45) is 0 Å². The van der Waals surface area contributed by atoms with Gasteiger partial charge in [-0.25, -0.2) is 0 Å². The number of ether oxygens (including phenoxy) is 1. The van der Waals surface area contributed by atoms with Crippen LogP contribution in [-0.4, -0.2) is 13.2 Å². The Balaban J connectivity index is 1.80. The molecule has 0 aromatic heterocycles. The van der Waals surface area contributed by atoms with Crippen LogP contribution in [-0.2, 0) is 6.54 Å². The van der Waals surface area contributed by atoms with Crippen LogP contribution in [0.1, 0.15) is 24.5 Å². The lowest BCUT2D eigenvalue weighted by molar-refractivity contribution is 0.363. The molecule has 0 amide bonds. The van der Waals surface area contributed by atoms with Gasteiger partial charge in [-0.2, -0.15) is 0 Å². The van der Waals surface area contributed by atoms with E-state index in [0.29, 0.717) is 6.61 Å². The summed E-state index contributed by atoms with van der Waals surface area (Å²) < 4.78 is 5.76. The van der Waals surface area contributed by atoms with E-state index in [1.165, 1.54) is 11.1 Å². The number of hydrogen-bond donors (Lipinski definition) is 1. The molecule has 2 aromatic rings. The van der Waals surface area contributed by atoms with Crippen molar-refractivity contribution < 1.29 is 4.74 Å². The van der Waals surface area contributed by atoms with Gasteiger partial charge in [-0.1, -0.05) is 55.5 Å². The Morgan fingerprint density at radius 3 is 2.71 bits per heavy atom. The highest BCUT2D eigenvalue weighted by molar-refractivity contribution is 5.48. The van der Waals surface area contributed by atoms with Crippen LogP contribution in [0.15, 0.2) is 60.7 Å². The number of nitrogens with one attached hydrogen (secondary N) is 1. The monoisotopic (exact) mass is 281 g/mol. The summed E-state index contributed by atoms with van der Waals surface area (Å²) in [5, 5.41) is 3.40. The van der Waals surface area contributed by atoms with Crippen LogP contribution in [0.25, 0.3) is 6.08 Å². The zero-order valence-corrected chi connectivity index (χ0v) is 12.6. The van der Waals surface area contributed by atoms with Crippen molar-refractivity contribution >= 4 is 6.08 Å². The molecule has 0 aliphatic heterocycles. The summed E-state index contributed by atoms with van der Waals surface area (Å²) in [6.07, 6.45) is 5.27. The third-order valence-electron chi connectivity index (χ3n) is 3.11. The first-order valence-corrected chi connectivity index (χ1v) is 7.52. The summed E-state index contributed by atoms with van der Waals surface area (Å²) in [6.45, 7) is 4.70. The van der Waals surface area contributed by atoms with Crippen molar-refractivity contribution in [1.82, 2.24) is 5.32 Å². The number of hydrogen-bond acceptors (Lipinski definition) is 2. The molecule has 21 heavy (non-hydrogen) atoms. The second kappa shape index (κ2) is 8.98. The summed E-state index contributed by atoms with van der Waals surface area (Å²) in [6, 6.07) is 18.5. The Kier molecular flexibility index (Phi) is 6.56. The second-order valence-corrected chi connectivity index (χ2v) is 4.95. The molecule has 0 saturated carbocycles. The minimum atomic E-state index is 0.584. The Hall–Kier alpha value is -2.06. The van der Waals surface area contributed by atoms with Crippen LogP contribution in [0, 0.1) is 0 Å². The van der Waals surface area contributed by atoms with Crippen molar-refractivity contribution in [3.05, 3.63) is 71.8 Å². The molecule has 0 atom stereocenters. The normalized spacial score (nSPS) is 10.9. The molecule has 0 heterocycles. The lowest BCUT2D eigenvalue weighted by atomic mass is 10.2. The topological polar surface area (TPSA) is 21.3 Å². The number of benzene rings is 2. The zero-order valence-electron chi connectivity index (χ0n) is 12.6. The van der Waals surface area contributed by atoms with Gasteiger partial charge in [0, 0.05) is 6.54 Å². The van der Waals surface area contributed by atoms with E-state index in [-0.39, 0.29) is 0 Å². The van der Waals surface area contributed by atoms with Crippen molar-refractivity contribution in [3.63, 3.8) is 0 Å². The number of rotatable bonds is 8. The average molecular weight is 281 g/mol. The molecule has 110 valence electrons. The average Bonchev–Trinajstić information content (AvgIpc) is 2.53. The summed E-state index contributed by atoms with van der Waals surface area (Å²) in [4.78, 5) is 0. The molecule has 0 saturated heterocycles. The largest absolute Gasteiger partial charge is 0.490 e. The Labute approximate surface area is 127 Å². The van der Waals surface area contributed by atoms with Crippen molar-refractivity contribution in [2.45, 2.75) is 19.9 Å². The summed E-state index contributed by atoms with van der Waals surface area (Å²) in [7, 11) is 0. The Morgan fingerprint density at radius 1 is 1.05 bits per heavy atom. The fraction of sp³-hybridized carbons (Fsp3) is 0.263. The van der Waals surface area contributed by atoms with Crippen LogP contribution in [0.2, 0.25) is 0 Å². The molecule has 0 fully saturated rings. The fourth-order valence-electron chi connectivity index (χ4n) is 2.05. The van der Waals surface area contributed by atoms with E-state index in [9.17, 15) is 0 Å². The van der Waals surface area contributed by atoms with Gasteiger partial charge in [-0.05, 0) is 42.3 Å². The highest BCUT2D eigenvalue weighted by Gasteiger charge is 1.96. The van der Waals surface area contributed by atoms with Crippen LogP contribution >= 0.6 is 0 Å². The maximum atomic E-state index is 5.76. The van der Waals surface area contributed by atoms with E-state index in [4.69, 9.17) is 4.74 Å². The lowest BCUT2D eigenvalue weighted by Gasteiger charge is -2.07. The SMILES string of the molecule is CCCNCc1cccc(OC/C=C/c2ccccc2)c1. The van der Waals surface area contributed by atoms with E-state index < -0.39 is 0 Å². The Morgan fingerprint density at radius 2 is 1.90 bits per heavy atom. The highest BCUT2D eigenvalue weighted by Crippen LogP contribution is 2.13. The van der Waals surface area contributed by atoms with E-state index >= 15 is 0 Å². The minimum absolute atomic E-state index is 0.584. The summed E-state index contributed by atoms with van der Waals surface area (Å²) >= 11 is 0. The molecule has 2 nitrogen and oxygen atoms in total. The molecule has 0 unspecified atom stereocenters. The maximum Gasteiger partial charge on any atom is 0.120 e. The zero-order chi connectivity index (χ0) is 14.8. The quantitative estimate of drug-likeness (QED) is 0.729. The van der Waals surface area contributed by atoms with Crippen molar-refractivity contribution in [2.75, 3.05) is 13.2 Å². The van der Waals surface area contributed by atoms with Gasteiger partial charge in [0.2, 0.25) is 0 Å². The minimum Gasteiger partial charge on any atom is -0.490 e. The van der Waals surface area contributed by atoms with Crippen LogP contribution in [0.5, 0.6) is 5.75 Å². The van der Waals surface area contributed by atoms with E-state index in [1.807, 2.05) is 36.4 Å². The lowest BCUT2D eigenvalue weighted by Crippen LogP contribution is -2.13. The highest BCUT2D eigenvalue weighted by atomic mass is 16.5. The van der Waals surface area contributed by atoms with Gasteiger partial charge < -0.3 is 10.1 Å². The molecule has 0 aliphatic rings. The standard InChI is InChI=1S/C19H23NO/c1-2-13-20-16-18-10-6-12-19(15-18)21-14-7-11-17-8-4-3-5-9-17/h3-12,15,20H,2,13-14,16H2,1H3/b11-7+. The Bertz CT molecular complexity index is 549. The van der Waals surface area contributed by atoms with Gasteiger partial charge >= 0.3 is 0 Å². The first kappa shape index (κ1) is 15.3. The third-order valence-corrected chi connectivity index (χ3v) is 3.11. The molecule has 2 aromatic carbocycles. The first-order chi connectivity index (χ1) is 10.4. The van der Waals surface area contributed by atoms with Crippen LogP contribution in [0.3, 0.4) is 0 Å². The molecule has 0 spiro atoms. The summed E-state index contributed by atoms with van der Waals surface area (Å²) in [5.41, 5.74) is 2.45. The van der Waals surface area contributed by atoms with Gasteiger partial charge in [0.1, 0.15) is 12.4 Å². The van der Waals surface area contributed by atoms with Gasteiger partial charge in [0.05, 0.1) is 0 Å². The van der Waals surface area contributed by atoms with Gasteiger partial charge in [-0.3, -0.25) is 0 Å². The molecule has 2 heteroatoms. The van der Waals surface area contributed by atoms with E-state index in [0.717, 1.165) is 25.3 Å². The molecule has 1 N–H and O–H groups in total. The van der Waals surface area contributed by atoms with Crippen LogP contribution < -0.4 is 10.1 Å². The smallest absolute Gasteiger partial charge is 0.120 e. The van der Waals surface area contributed by atoms with Gasteiger partial charge in [0.25, 0.3) is 0 Å². The van der Waals surface area contributed by atoms with Crippen LogP contribution in [0.4, 0.5) is 0 Å². The van der Waals surface area contributed by atoms with E-state index in [1.54, 1.807) is 0 Å².